The van der Waals surface area contributed by atoms with Crippen LogP contribution in [0.1, 0.15) is 17.2 Å². The summed E-state index contributed by atoms with van der Waals surface area (Å²) < 4.78 is 15.2. The van der Waals surface area contributed by atoms with E-state index in [4.69, 9.17) is 11.6 Å². The highest BCUT2D eigenvalue weighted by Crippen LogP contribution is 2.28. The van der Waals surface area contributed by atoms with E-state index in [2.05, 4.69) is 15.6 Å². The predicted octanol–water partition coefficient (Wildman–Crippen LogP) is 5.70. The molecule has 2 amide bonds. The number of nitrogens with zero attached hydrogens (tertiary/aromatic N) is 5. The molecule has 0 unspecified atom stereocenters. The van der Waals surface area contributed by atoms with E-state index in [0.717, 1.165) is 5.69 Å². The Balaban J connectivity index is 1.53. The number of para-hydroxylation sites is 1. The molecule has 8 nitrogen and oxygen atoms in total. The molecule has 1 aromatic heterocycles. The van der Waals surface area contributed by atoms with Crippen LogP contribution in [0.25, 0.3) is 11.0 Å². The molecule has 5 aromatic rings. The van der Waals surface area contributed by atoms with Crippen molar-refractivity contribution in [3.05, 3.63) is 119 Å². The lowest BCUT2D eigenvalue weighted by Crippen LogP contribution is -2.42. The Kier molecular flexibility index (Phi) is 8.26. The fourth-order valence-electron chi connectivity index (χ4n) is 4.53. The number of carbonyl (C=O) groups is 2. The number of halogens is 2. The number of rotatable bonds is 9. The number of fused-ring (bicyclic) bond motifs is 1. The molecule has 0 aliphatic rings. The molecule has 0 bridgehead atoms. The van der Waals surface area contributed by atoms with Crippen molar-refractivity contribution in [2.24, 2.45) is 0 Å². The summed E-state index contributed by atoms with van der Waals surface area (Å²) >= 11 is 6.16. The van der Waals surface area contributed by atoms with Crippen LogP contribution in [0, 0.1) is 5.82 Å². The highest BCUT2D eigenvalue weighted by molar-refractivity contribution is 6.30. The van der Waals surface area contributed by atoms with Crippen molar-refractivity contribution in [3.63, 3.8) is 0 Å². The molecule has 4 aromatic carbocycles. The number of nitrogens with one attached hydrogen (secondary N) is 1. The molecule has 41 heavy (non-hydrogen) atoms. The molecule has 208 valence electrons. The van der Waals surface area contributed by atoms with Crippen molar-refractivity contribution in [2.45, 2.75) is 19.1 Å². The first-order valence-electron chi connectivity index (χ1n) is 12.9. The van der Waals surface area contributed by atoms with Crippen LogP contribution >= 0.6 is 11.6 Å². The van der Waals surface area contributed by atoms with Gasteiger partial charge in [0, 0.05) is 37.0 Å². The minimum atomic E-state index is -1.03. The van der Waals surface area contributed by atoms with Gasteiger partial charge in [0.2, 0.25) is 5.91 Å². The molecular formula is C31H28ClFN6O2. The monoisotopic (exact) mass is 570 g/mol. The maximum atomic E-state index is 14.0. The third-order valence-corrected chi connectivity index (χ3v) is 6.94. The van der Waals surface area contributed by atoms with Gasteiger partial charge in [0.15, 0.2) is 0 Å². The summed E-state index contributed by atoms with van der Waals surface area (Å²) in [4.78, 5) is 31.4. The molecule has 0 aliphatic heterocycles. The first-order valence-corrected chi connectivity index (χ1v) is 13.3. The van der Waals surface area contributed by atoms with Crippen LogP contribution in [0.3, 0.4) is 0 Å². The summed E-state index contributed by atoms with van der Waals surface area (Å²) in [5.74, 6) is -1.18. The summed E-state index contributed by atoms with van der Waals surface area (Å²) in [5.41, 5.74) is 4.12. The first-order chi connectivity index (χ1) is 19.8. The SMILES string of the molecule is CN(C)c1ccc(NC(=O)[C@H](c2ccc(Cl)cc2)N(Cc2ccc(F)cc2)C(=O)Cn2nnc3ccccc32)cc1. The quantitative estimate of drug-likeness (QED) is 0.246. The standard InChI is InChI=1S/C31H28ClFN6O2/c1-37(2)26-17-15-25(16-18-26)34-31(41)30(22-9-11-23(32)12-10-22)38(19-21-7-13-24(33)14-8-21)29(40)20-39-28-6-4-3-5-27(28)35-36-39/h3-18,30H,19-20H2,1-2H3,(H,34,41)/t30-/m0/s1. The van der Waals surface area contributed by atoms with Gasteiger partial charge in [0.05, 0.1) is 5.52 Å². The minimum Gasteiger partial charge on any atom is -0.378 e. The second-order valence-corrected chi connectivity index (χ2v) is 10.2. The van der Waals surface area contributed by atoms with Crippen molar-refractivity contribution >= 4 is 45.8 Å². The minimum absolute atomic E-state index is 0.0476. The number of hydrogen-bond donors (Lipinski definition) is 1. The number of carbonyl (C=O) groups excluding carboxylic acids is 2. The lowest BCUT2D eigenvalue weighted by molar-refractivity contribution is -0.140. The van der Waals surface area contributed by atoms with Crippen LogP contribution in [0.15, 0.2) is 97.1 Å². The zero-order valence-corrected chi connectivity index (χ0v) is 23.3. The van der Waals surface area contributed by atoms with Gasteiger partial charge in [-0.25, -0.2) is 9.07 Å². The third-order valence-electron chi connectivity index (χ3n) is 6.69. The largest absolute Gasteiger partial charge is 0.378 e. The van der Waals surface area contributed by atoms with E-state index < -0.39 is 17.8 Å². The molecule has 1 N–H and O–H groups in total. The normalized spacial score (nSPS) is 11.7. The molecule has 0 saturated heterocycles. The van der Waals surface area contributed by atoms with Crippen molar-refractivity contribution < 1.29 is 14.0 Å². The maximum Gasteiger partial charge on any atom is 0.251 e. The van der Waals surface area contributed by atoms with Gasteiger partial charge in [-0.2, -0.15) is 0 Å². The van der Waals surface area contributed by atoms with Crippen LogP contribution in [0.5, 0.6) is 0 Å². The Bertz CT molecular complexity index is 1650. The molecule has 0 spiro atoms. The summed E-state index contributed by atoms with van der Waals surface area (Å²) in [6.07, 6.45) is 0. The fourth-order valence-corrected chi connectivity index (χ4v) is 4.66. The van der Waals surface area contributed by atoms with E-state index in [1.54, 1.807) is 48.5 Å². The second kappa shape index (κ2) is 12.2. The summed E-state index contributed by atoms with van der Waals surface area (Å²) in [6.45, 7) is -0.108. The van der Waals surface area contributed by atoms with Gasteiger partial charge < -0.3 is 15.1 Å². The number of hydrogen-bond acceptors (Lipinski definition) is 5. The highest BCUT2D eigenvalue weighted by Gasteiger charge is 2.32. The van der Waals surface area contributed by atoms with E-state index in [0.29, 0.717) is 32.9 Å². The van der Waals surface area contributed by atoms with Crippen LogP contribution < -0.4 is 10.2 Å². The van der Waals surface area contributed by atoms with Gasteiger partial charge in [-0.15, -0.1) is 5.10 Å². The zero-order chi connectivity index (χ0) is 28.9. The van der Waals surface area contributed by atoms with Crippen molar-refractivity contribution in [2.75, 3.05) is 24.3 Å². The molecular weight excluding hydrogens is 543 g/mol. The maximum absolute atomic E-state index is 14.0. The van der Waals surface area contributed by atoms with Crippen molar-refractivity contribution in [3.8, 4) is 0 Å². The summed E-state index contributed by atoms with van der Waals surface area (Å²) in [6, 6.07) is 26.3. The Morgan fingerprint density at radius 1 is 0.927 bits per heavy atom. The van der Waals surface area contributed by atoms with Gasteiger partial charge >= 0.3 is 0 Å². The Morgan fingerprint density at radius 2 is 1.61 bits per heavy atom. The van der Waals surface area contributed by atoms with Crippen LogP contribution in [-0.2, 0) is 22.7 Å². The Hall–Kier alpha value is -4.76. The molecule has 10 heteroatoms. The van der Waals surface area contributed by atoms with E-state index in [-0.39, 0.29) is 19.0 Å². The topological polar surface area (TPSA) is 83.4 Å². The van der Waals surface area contributed by atoms with Gasteiger partial charge in [-0.3, -0.25) is 9.59 Å². The average molecular weight is 571 g/mol. The molecule has 1 atom stereocenters. The molecule has 5 rings (SSSR count). The van der Waals surface area contributed by atoms with Crippen molar-refractivity contribution in [1.29, 1.82) is 0 Å². The molecule has 0 aliphatic carbocycles. The van der Waals surface area contributed by atoms with Gasteiger partial charge in [0.1, 0.15) is 23.9 Å². The number of benzene rings is 4. The molecule has 1 heterocycles. The third kappa shape index (κ3) is 6.53. The average Bonchev–Trinajstić information content (AvgIpc) is 3.37. The predicted molar refractivity (Wildman–Crippen MR) is 158 cm³/mol. The number of aromatic nitrogens is 3. The second-order valence-electron chi connectivity index (χ2n) is 9.77. The zero-order valence-electron chi connectivity index (χ0n) is 22.5. The fraction of sp³-hybridized carbons (Fsp3) is 0.161. The van der Waals surface area contributed by atoms with Crippen molar-refractivity contribution in [1.82, 2.24) is 19.9 Å². The van der Waals surface area contributed by atoms with E-state index in [9.17, 15) is 14.0 Å². The van der Waals surface area contributed by atoms with Crippen LogP contribution in [0.4, 0.5) is 15.8 Å². The van der Waals surface area contributed by atoms with Gasteiger partial charge in [-0.1, -0.05) is 53.2 Å². The van der Waals surface area contributed by atoms with E-state index in [1.165, 1.54) is 21.7 Å². The van der Waals surface area contributed by atoms with Crippen LogP contribution in [0.2, 0.25) is 5.02 Å². The molecule has 0 fully saturated rings. The summed E-state index contributed by atoms with van der Waals surface area (Å²) in [5, 5.41) is 11.8. The number of amides is 2. The number of anilines is 2. The van der Waals surface area contributed by atoms with Gasteiger partial charge in [0.25, 0.3) is 5.91 Å². The lowest BCUT2D eigenvalue weighted by Gasteiger charge is -2.32. The molecule has 0 saturated carbocycles. The molecule has 0 radical (unpaired) electrons. The Labute approximate surface area is 241 Å². The Morgan fingerprint density at radius 3 is 2.29 bits per heavy atom. The van der Waals surface area contributed by atoms with Crippen LogP contribution in [-0.4, -0.2) is 45.8 Å². The first kappa shape index (κ1) is 27.8. The van der Waals surface area contributed by atoms with Gasteiger partial charge in [-0.05, 0) is 71.8 Å². The van der Waals surface area contributed by atoms with E-state index in [1.807, 2.05) is 55.4 Å². The highest BCUT2D eigenvalue weighted by atomic mass is 35.5. The van der Waals surface area contributed by atoms with E-state index >= 15 is 0 Å². The lowest BCUT2D eigenvalue weighted by atomic mass is 10.0. The summed E-state index contributed by atoms with van der Waals surface area (Å²) in [7, 11) is 3.86. The smallest absolute Gasteiger partial charge is 0.251 e.